The average Bonchev–Trinajstić information content (AvgIpc) is 2.45. The maximum Gasteiger partial charge on any atom is 0.339 e. The van der Waals surface area contributed by atoms with Gasteiger partial charge >= 0.3 is 5.97 Å². The summed E-state index contributed by atoms with van der Waals surface area (Å²) in [5, 5.41) is 9.15. The molecule has 0 heterocycles. The summed E-state index contributed by atoms with van der Waals surface area (Å²) in [4.78, 5) is 11.2. The van der Waals surface area contributed by atoms with Crippen molar-refractivity contribution in [3.05, 3.63) is 29.6 Å². The first-order valence-corrected chi connectivity index (χ1v) is 7.30. The molecule has 2 fully saturated rings. The van der Waals surface area contributed by atoms with Crippen molar-refractivity contribution < 1.29 is 19.0 Å². The van der Waals surface area contributed by atoms with Crippen LogP contribution in [0.5, 0.6) is 5.75 Å². The molecule has 2 aliphatic carbocycles. The molecular weight excluding hydrogens is 259 g/mol. The molecule has 3 nitrogen and oxygen atoms in total. The summed E-state index contributed by atoms with van der Waals surface area (Å²) in [7, 11) is 0. The Morgan fingerprint density at radius 3 is 2.60 bits per heavy atom. The molecule has 0 bridgehead atoms. The minimum absolute atomic E-state index is 0.0807. The summed E-state index contributed by atoms with van der Waals surface area (Å²) in [5.41, 5.74) is 0.158. The number of rotatable bonds is 3. The molecule has 0 saturated heterocycles. The number of halogens is 1. The molecule has 2 saturated carbocycles. The van der Waals surface area contributed by atoms with E-state index in [4.69, 9.17) is 9.84 Å². The largest absolute Gasteiger partial charge is 0.489 e. The zero-order valence-corrected chi connectivity index (χ0v) is 11.4. The Morgan fingerprint density at radius 2 is 2.00 bits per heavy atom. The Bertz CT molecular complexity index is 520. The number of hydrogen-bond donors (Lipinski definition) is 1. The number of benzene rings is 1. The van der Waals surface area contributed by atoms with Crippen molar-refractivity contribution in [2.75, 3.05) is 0 Å². The highest BCUT2D eigenvalue weighted by Gasteiger charge is 2.48. The van der Waals surface area contributed by atoms with Gasteiger partial charge in [-0.05, 0) is 43.9 Å². The lowest BCUT2D eigenvalue weighted by Crippen LogP contribution is -2.49. The van der Waals surface area contributed by atoms with Crippen LogP contribution in [-0.2, 0) is 0 Å². The Morgan fingerprint density at radius 1 is 1.25 bits per heavy atom. The van der Waals surface area contributed by atoms with E-state index in [-0.39, 0.29) is 17.1 Å². The summed E-state index contributed by atoms with van der Waals surface area (Å²) >= 11 is 0. The minimum atomic E-state index is -1.14. The number of carboxylic acid groups (broad SMARTS) is 1. The quantitative estimate of drug-likeness (QED) is 0.908. The number of ether oxygens (including phenoxy) is 1. The Balaban J connectivity index is 1.79. The molecule has 0 radical (unpaired) electrons. The molecule has 1 aromatic rings. The molecular formula is C16H19FO3. The molecule has 2 aliphatic rings. The minimum Gasteiger partial charge on any atom is -0.489 e. The Hall–Kier alpha value is -1.58. The monoisotopic (exact) mass is 278 g/mol. The van der Waals surface area contributed by atoms with Crippen molar-refractivity contribution in [2.24, 2.45) is 5.41 Å². The van der Waals surface area contributed by atoms with Crippen molar-refractivity contribution >= 4 is 5.97 Å². The summed E-state index contributed by atoms with van der Waals surface area (Å²) < 4.78 is 19.1. The van der Waals surface area contributed by atoms with Crippen molar-refractivity contribution in [2.45, 2.75) is 51.0 Å². The van der Waals surface area contributed by atoms with Crippen molar-refractivity contribution in [3.63, 3.8) is 0 Å². The van der Waals surface area contributed by atoms with E-state index in [9.17, 15) is 9.18 Å². The van der Waals surface area contributed by atoms with Gasteiger partial charge in [0.25, 0.3) is 0 Å². The number of hydrogen-bond acceptors (Lipinski definition) is 2. The fourth-order valence-corrected chi connectivity index (χ4v) is 3.61. The second-order valence-corrected chi connectivity index (χ2v) is 6.01. The lowest BCUT2D eigenvalue weighted by molar-refractivity contribution is -0.0707. The van der Waals surface area contributed by atoms with E-state index in [1.165, 1.54) is 50.7 Å². The summed E-state index contributed by atoms with van der Waals surface area (Å²) in [6.07, 6.45) is 8.31. The second kappa shape index (κ2) is 5.08. The van der Waals surface area contributed by atoms with Crippen LogP contribution >= 0.6 is 0 Å². The van der Waals surface area contributed by atoms with E-state index < -0.39 is 11.8 Å². The first-order chi connectivity index (χ1) is 9.61. The Labute approximate surface area is 117 Å². The lowest BCUT2D eigenvalue weighted by atomic mass is 9.58. The van der Waals surface area contributed by atoms with E-state index in [1.807, 2.05) is 0 Å². The van der Waals surface area contributed by atoms with E-state index in [0.717, 1.165) is 12.5 Å². The van der Waals surface area contributed by atoms with Gasteiger partial charge in [-0.3, -0.25) is 0 Å². The van der Waals surface area contributed by atoms with E-state index in [2.05, 4.69) is 0 Å². The number of carbonyl (C=O) groups is 1. The summed E-state index contributed by atoms with van der Waals surface area (Å²) in [6.45, 7) is 0. The van der Waals surface area contributed by atoms with Crippen LogP contribution in [0.4, 0.5) is 4.39 Å². The van der Waals surface area contributed by atoms with Gasteiger partial charge in [0.1, 0.15) is 23.2 Å². The highest BCUT2D eigenvalue weighted by atomic mass is 19.1. The normalized spacial score (nSPS) is 24.1. The first-order valence-electron chi connectivity index (χ1n) is 7.30. The molecule has 0 aromatic heterocycles. The summed E-state index contributed by atoms with van der Waals surface area (Å²) in [5.74, 6) is -1.39. The van der Waals surface area contributed by atoms with Gasteiger partial charge in [0.2, 0.25) is 0 Å². The third-order valence-electron chi connectivity index (χ3n) is 4.88. The SMILES string of the molecule is O=C(O)c1cc(F)ccc1OC1CCC12CCCCC2. The van der Waals surface area contributed by atoms with Crippen molar-refractivity contribution in [1.82, 2.24) is 0 Å². The van der Waals surface area contributed by atoms with Crippen LogP contribution < -0.4 is 4.74 Å². The molecule has 1 N–H and O–H groups in total. The summed E-state index contributed by atoms with van der Waals surface area (Å²) in [6, 6.07) is 3.73. The smallest absolute Gasteiger partial charge is 0.339 e. The fourth-order valence-electron chi connectivity index (χ4n) is 3.61. The predicted octanol–water partition coefficient (Wildman–Crippen LogP) is 4.02. The molecule has 4 heteroatoms. The third kappa shape index (κ3) is 2.28. The van der Waals surface area contributed by atoms with E-state index >= 15 is 0 Å². The molecule has 0 amide bonds. The number of aromatic carboxylic acids is 1. The molecule has 3 rings (SSSR count). The van der Waals surface area contributed by atoms with Crippen LogP contribution in [0, 0.1) is 11.2 Å². The van der Waals surface area contributed by atoms with Gasteiger partial charge in [-0.15, -0.1) is 0 Å². The van der Waals surface area contributed by atoms with Crippen LogP contribution in [0.2, 0.25) is 0 Å². The zero-order valence-electron chi connectivity index (χ0n) is 11.4. The van der Waals surface area contributed by atoms with Gasteiger partial charge in [0.15, 0.2) is 0 Å². The molecule has 1 spiro atoms. The third-order valence-corrected chi connectivity index (χ3v) is 4.88. The van der Waals surface area contributed by atoms with E-state index in [1.54, 1.807) is 0 Å². The maximum atomic E-state index is 13.2. The molecule has 20 heavy (non-hydrogen) atoms. The standard InChI is InChI=1S/C16H19FO3/c17-11-4-5-13(12(10-11)15(18)19)20-14-6-9-16(14)7-2-1-3-8-16/h4-5,10,14H,1-3,6-9H2,(H,18,19). The molecule has 1 atom stereocenters. The molecule has 1 unspecified atom stereocenters. The maximum absolute atomic E-state index is 13.2. The van der Waals surface area contributed by atoms with Crippen LogP contribution in [0.15, 0.2) is 18.2 Å². The van der Waals surface area contributed by atoms with Gasteiger partial charge in [0.05, 0.1) is 0 Å². The van der Waals surface area contributed by atoms with Crippen LogP contribution in [-0.4, -0.2) is 17.2 Å². The highest BCUT2D eigenvalue weighted by molar-refractivity contribution is 5.90. The lowest BCUT2D eigenvalue weighted by Gasteiger charge is -2.51. The molecule has 108 valence electrons. The van der Waals surface area contributed by atoms with Gasteiger partial charge in [0, 0.05) is 5.41 Å². The van der Waals surface area contributed by atoms with Crippen molar-refractivity contribution in [1.29, 1.82) is 0 Å². The molecule has 1 aromatic carbocycles. The molecule has 0 aliphatic heterocycles. The van der Waals surface area contributed by atoms with Gasteiger partial charge in [-0.25, -0.2) is 9.18 Å². The van der Waals surface area contributed by atoms with Gasteiger partial charge < -0.3 is 9.84 Å². The van der Waals surface area contributed by atoms with Gasteiger partial charge in [-0.1, -0.05) is 19.3 Å². The predicted molar refractivity (Wildman–Crippen MR) is 72.5 cm³/mol. The second-order valence-electron chi connectivity index (χ2n) is 6.01. The van der Waals surface area contributed by atoms with Gasteiger partial charge in [-0.2, -0.15) is 0 Å². The highest BCUT2D eigenvalue weighted by Crippen LogP contribution is 2.53. The van der Waals surface area contributed by atoms with Crippen molar-refractivity contribution in [3.8, 4) is 5.75 Å². The van der Waals surface area contributed by atoms with Crippen LogP contribution in [0.1, 0.15) is 55.3 Å². The number of carboxylic acids is 1. The zero-order chi connectivity index (χ0) is 14.2. The topological polar surface area (TPSA) is 46.5 Å². The average molecular weight is 278 g/mol. The van der Waals surface area contributed by atoms with Crippen LogP contribution in [0.25, 0.3) is 0 Å². The fraction of sp³-hybridized carbons (Fsp3) is 0.562. The van der Waals surface area contributed by atoms with E-state index in [0.29, 0.717) is 5.75 Å². The Kier molecular flexibility index (Phi) is 3.40. The van der Waals surface area contributed by atoms with Crippen LogP contribution in [0.3, 0.4) is 0 Å². The first kappa shape index (κ1) is 13.4.